The van der Waals surface area contributed by atoms with Crippen molar-refractivity contribution in [1.82, 2.24) is 5.32 Å². The Morgan fingerprint density at radius 3 is 1.69 bits per heavy atom. The van der Waals surface area contributed by atoms with Crippen molar-refractivity contribution in [1.29, 1.82) is 0 Å². The van der Waals surface area contributed by atoms with Crippen LogP contribution in [0.15, 0.2) is 60.7 Å². The lowest BCUT2D eigenvalue weighted by atomic mass is 9.87. The fraction of sp³-hybridized carbons (Fsp3) is 0.267. The number of carbonyl (C=O) groups excluding carboxylic acids is 2. The Morgan fingerprint density at radius 2 is 1.23 bits per heavy atom. The average Bonchev–Trinajstić information content (AvgIpc) is 2.88. The van der Waals surface area contributed by atoms with Gasteiger partial charge < -0.3 is 25.6 Å². The van der Waals surface area contributed by atoms with Gasteiger partial charge in [-0.05, 0) is 72.9 Å². The van der Waals surface area contributed by atoms with Gasteiger partial charge in [0.15, 0.2) is 0 Å². The molecule has 0 radical (unpaired) electrons. The van der Waals surface area contributed by atoms with Crippen molar-refractivity contribution >= 4 is 29.4 Å². The van der Waals surface area contributed by atoms with Crippen molar-refractivity contribution in [3.8, 4) is 11.5 Å². The normalized spacial score (nSPS) is 11.8. The third kappa shape index (κ3) is 7.22. The van der Waals surface area contributed by atoms with E-state index in [1.165, 1.54) is 5.56 Å². The molecule has 0 aromatic heterocycles. The number of ether oxygens (including phenoxy) is 1. The molecule has 9 heteroatoms. The van der Waals surface area contributed by atoms with E-state index in [-0.39, 0.29) is 22.6 Å². The van der Waals surface area contributed by atoms with Crippen molar-refractivity contribution in [2.45, 2.75) is 52.5 Å². The zero-order chi connectivity index (χ0) is 28.9. The number of amides is 2. The van der Waals surface area contributed by atoms with E-state index < -0.39 is 34.9 Å². The molecule has 2 amide bonds. The van der Waals surface area contributed by atoms with E-state index in [4.69, 9.17) is 4.74 Å². The molecular weight excluding hydrogens is 500 g/mol. The maximum Gasteiger partial charge on any atom is 0.336 e. The maximum atomic E-state index is 13.1. The number of carbonyl (C=O) groups is 4. The summed E-state index contributed by atoms with van der Waals surface area (Å²) in [5, 5.41) is 24.5. The van der Waals surface area contributed by atoms with Crippen LogP contribution in [0, 0.1) is 0 Å². The van der Waals surface area contributed by atoms with Crippen LogP contribution in [0.5, 0.6) is 11.5 Å². The van der Waals surface area contributed by atoms with Crippen LogP contribution >= 0.6 is 0 Å². The van der Waals surface area contributed by atoms with Gasteiger partial charge in [0.2, 0.25) is 0 Å². The molecule has 0 aliphatic heterocycles. The van der Waals surface area contributed by atoms with Gasteiger partial charge >= 0.3 is 11.9 Å². The van der Waals surface area contributed by atoms with Gasteiger partial charge in [-0.15, -0.1) is 0 Å². The fourth-order valence-electron chi connectivity index (χ4n) is 3.70. The van der Waals surface area contributed by atoms with Crippen molar-refractivity contribution < 1.29 is 34.1 Å². The van der Waals surface area contributed by atoms with E-state index in [1.54, 1.807) is 31.2 Å². The molecule has 0 heterocycles. The van der Waals surface area contributed by atoms with Gasteiger partial charge in [0.25, 0.3) is 11.8 Å². The Kier molecular flexibility index (Phi) is 8.75. The molecule has 1 atom stereocenters. The van der Waals surface area contributed by atoms with Gasteiger partial charge in [0.05, 0.1) is 22.3 Å². The van der Waals surface area contributed by atoms with Gasteiger partial charge in [0.1, 0.15) is 11.5 Å². The molecule has 3 aromatic carbocycles. The second-order valence-electron chi connectivity index (χ2n) is 10.2. The lowest BCUT2D eigenvalue weighted by molar-refractivity contribution is 0.0688. The lowest BCUT2D eigenvalue weighted by Gasteiger charge is -2.19. The molecule has 4 N–H and O–H groups in total. The Hall–Kier alpha value is -4.66. The highest BCUT2D eigenvalue weighted by Crippen LogP contribution is 2.28. The molecule has 0 saturated heterocycles. The number of aromatic carboxylic acids is 2. The summed E-state index contributed by atoms with van der Waals surface area (Å²) in [4.78, 5) is 49.4. The lowest BCUT2D eigenvalue weighted by Crippen LogP contribution is -2.33. The number of hydrogen-bond donors (Lipinski definition) is 4. The molecule has 204 valence electrons. The highest BCUT2D eigenvalue weighted by atomic mass is 16.5. The number of carboxylic acid groups (broad SMARTS) is 2. The van der Waals surface area contributed by atoms with Gasteiger partial charge in [0, 0.05) is 11.7 Å². The Morgan fingerprint density at radius 1 is 0.769 bits per heavy atom. The topological polar surface area (TPSA) is 142 Å². The van der Waals surface area contributed by atoms with Crippen LogP contribution in [0.25, 0.3) is 0 Å². The summed E-state index contributed by atoms with van der Waals surface area (Å²) in [6.45, 7) is 9.95. The van der Waals surface area contributed by atoms with Gasteiger partial charge in [-0.1, -0.05) is 39.8 Å². The van der Waals surface area contributed by atoms with E-state index >= 15 is 0 Å². The molecule has 1 unspecified atom stereocenters. The molecule has 0 aliphatic carbocycles. The number of benzene rings is 3. The first-order valence-corrected chi connectivity index (χ1v) is 12.5. The largest absolute Gasteiger partial charge is 0.478 e. The quantitative estimate of drug-likeness (QED) is 0.267. The second-order valence-corrected chi connectivity index (χ2v) is 10.2. The summed E-state index contributed by atoms with van der Waals surface area (Å²) in [7, 11) is 0. The highest BCUT2D eigenvalue weighted by Gasteiger charge is 2.26. The van der Waals surface area contributed by atoms with E-state index in [9.17, 15) is 29.4 Å². The average molecular weight is 533 g/mol. The van der Waals surface area contributed by atoms with Crippen LogP contribution in [0.2, 0.25) is 0 Å². The smallest absolute Gasteiger partial charge is 0.336 e. The van der Waals surface area contributed by atoms with E-state index in [0.717, 1.165) is 12.1 Å². The summed E-state index contributed by atoms with van der Waals surface area (Å²) < 4.78 is 5.87. The molecule has 0 spiro atoms. The molecule has 0 fully saturated rings. The van der Waals surface area contributed by atoms with Crippen LogP contribution in [0.3, 0.4) is 0 Å². The summed E-state index contributed by atoms with van der Waals surface area (Å²) in [5.74, 6) is -3.34. The molecule has 0 saturated carbocycles. The molecule has 3 aromatic rings. The SMILES string of the molecule is CCC(C)NC(=O)c1cc(C(=O)Nc2ccc(Oc3ccc(C(C)(C)C)cc3)cc2)c(C(=O)O)cc1C(=O)O. The monoisotopic (exact) mass is 532 g/mol. The summed E-state index contributed by atoms with van der Waals surface area (Å²) in [6, 6.07) is 15.8. The number of hydrogen-bond acceptors (Lipinski definition) is 5. The van der Waals surface area contributed by atoms with Crippen LogP contribution in [0.4, 0.5) is 5.69 Å². The summed E-state index contributed by atoms with van der Waals surface area (Å²) >= 11 is 0. The summed E-state index contributed by atoms with van der Waals surface area (Å²) in [6.07, 6.45) is 0.594. The molecule has 0 aliphatic rings. The first-order valence-electron chi connectivity index (χ1n) is 12.5. The van der Waals surface area contributed by atoms with E-state index in [1.807, 2.05) is 31.2 Å². The Bertz CT molecular complexity index is 1390. The highest BCUT2D eigenvalue weighted by molar-refractivity contribution is 6.14. The van der Waals surface area contributed by atoms with Gasteiger partial charge in [-0.2, -0.15) is 0 Å². The van der Waals surface area contributed by atoms with Crippen LogP contribution < -0.4 is 15.4 Å². The first kappa shape index (κ1) is 28.9. The third-order valence-corrected chi connectivity index (χ3v) is 6.17. The predicted octanol–water partition coefficient (Wildman–Crippen LogP) is 5.95. The van der Waals surface area contributed by atoms with Crippen LogP contribution in [-0.4, -0.2) is 40.0 Å². The van der Waals surface area contributed by atoms with Crippen molar-refractivity contribution in [2.24, 2.45) is 0 Å². The van der Waals surface area contributed by atoms with Crippen molar-refractivity contribution in [2.75, 3.05) is 5.32 Å². The standard InChI is InChI=1S/C30H32N2O7/c1-6-17(2)31-26(33)22-15-23(25(29(37)38)16-24(22)28(35)36)27(34)32-19-9-13-21(14-10-19)39-20-11-7-18(8-12-20)30(3,4)5/h7-17H,6H2,1-5H3,(H,31,33)(H,32,34)(H,35,36)(H,37,38). The zero-order valence-corrected chi connectivity index (χ0v) is 22.5. The number of nitrogens with one attached hydrogen (secondary N) is 2. The first-order chi connectivity index (χ1) is 18.3. The molecular formula is C30H32N2O7. The molecule has 39 heavy (non-hydrogen) atoms. The van der Waals surface area contributed by atoms with Crippen molar-refractivity contribution in [3.63, 3.8) is 0 Å². The van der Waals surface area contributed by atoms with Crippen LogP contribution in [-0.2, 0) is 5.41 Å². The Labute approximate surface area is 226 Å². The van der Waals surface area contributed by atoms with Gasteiger partial charge in [-0.3, -0.25) is 9.59 Å². The maximum absolute atomic E-state index is 13.1. The van der Waals surface area contributed by atoms with E-state index in [2.05, 4.69) is 31.4 Å². The number of anilines is 1. The third-order valence-electron chi connectivity index (χ3n) is 6.17. The Balaban J connectivity index is 1.84. The molecule has 3 rings (SSSR count). The summed E-state index contributed by atoms with van der Waals surface area (Å²) in [5.41, 5.74) is -0.165. The minimum absolute atomic E-state index is 0.0192. The second kappa shape index (κ2) is 11.8. The van der Waals surface area contributed by atoms with Crippen molar-refractivity contribution in [3.05, 3.63) is 88.5 Å². The number of carboxylic acids is 2. The molecule has 9 nitrogen and oxygen atoms in total. The predicted molar refractivity (Wildman–Crippen MR) is 147 cm³/mol. The minimum Gasteiger partial charge on any atom is -0.478 e. The molecule has 0 bridgehead atoms. The van der Waals surface area contributed by atoms with Gasteiger partial charge in [-0.25, -0.2) is 9.59 Å². The van der Waals surface area contributed by atoms with E-state index in [0.29, 0.717) is 23.6 Å². The minimum atomic E-state index is -1.50. The van der Waals surface area contributed by atoms with Crippen LogP contribution in [0.1, 0.15) is 88.0 Å². The fourth-order valence-corrected chi connectivity index (χ4v) is 3.70. The zero-order valence-electron chi connectivity index (χ0n) is 22.5. The number of rotatable bonds is 9.